The van der Waals surface area contributed by atoms with Crippen LogP contribution in [0.4, 0.5) is 10.8 Å². The third-order valence-electron chi connectivity index (χ3n) is 3.66. The Labute approximate surface area is 148 Å². The number of thiazole rings is 1. The number of benzene rings is 2. The number of aromatic nitrogens is 1. The van der Waals surface area contributed by atoms with Gasteiger partial charge < -0.3 is 9.47 Å². The predicted octanol–water partition coefficient (Wildman–Crippen LogP) is 4.25. The number of nitrogens with zero attached hydrogens (tertiary/aromatic N) is 2. The molecule has 0 unspecified atom stereocenters. The molecule has 0 aliphatic carbocycles. The van der Waals surface area contributed by atoms with E-state index < -0.39 is 0 Å². The standard InChI is InChI=1S/C19H14N2O3S/c22-18(9-7-14-6-8-16-17(12-14)24-13-23-16)21(19-20-10-11-25-19)15-4-2-1-3-5-15/h1-12H,13H2/b9-7+. The van der Waals surface area contributed by atoms with E-state index in [4.69, 9.17) is 9.47 Å². The van der Waals surface area contributed by atoms with Crippen LogP contribution in [-0.4, -0.2) is 17.7 Å². The van der Waals surface area contributed by atoms with Crippen LogP contribution in [0.15, 0.2) is 66.2 Å². The van der Waals surface area contributed by atoms with Gasteiger partial charge in [-0.25, -0.2) is 4.98 Å². The summed E-state index contributed by atoms with van der Waals surface area (Å²) < 4.78 is 10.7. The number of hydrogen-bond acceptors (Lipinski definition) is 5. The fourth-order valence-corrected chi connectivity index (χ4v) is 3.16. The lowest BCUT2D eigenvalue weighted by Gasteiger charge is -2.18. The summed E-state index contributed by atoms with van der Waals surface area (Å²) in [5.41, 5.74) is 1.64. The van der Waals surface area contributed by atoms with E-state index in [1.165, 1.54) is 17.4 Å². The smallest absolute Gasteiger partial charge is 0.257 e. The molecule has 0 bridgehead atoms. The van der Waals surface area contributed by atoms with Crippen molar-refractivity contribution in [1.29, 1.82) is 0 Å². The first-order valence-electron chi connectivity index (χ1n) is 7.67. The lowest BCUT2D eigenvalue weighted by Crippen LogP contribution is -2.23. The second-order valence-electron chi connectivity index (χ2n) is 5.27. The zero-order chi connectivity index (χ0) is 17.1. The molecule has 0 fully saturated rings. The summed E-state index contributed by atoms with van der Waals surface area (Å²) in [6.45, 7) is 0.229. The van der Waals surface area contributed by atoms with E-state index in [1.807, 2.05) is 53.9 Å². The minimum absolute atomic E-state index is 0.168. The van der Waals surface area contributed by atoms with Crippen LogP contribution in [0.5, 0.6) is 11.5 Å². The van der Waals surface area contributed by atoms with Crippen LogP contribution in [0.3, 0.4) is 0 Å². The highest BCUT2D eigenvalue weighted by Crippen LogP contribution is 2.33. The van der Waals surface area contributed by atoms with Gasteiger partial charge in [-0.1, -0.05) is 24.3 Å². The van der Waals surface area contributed by atoms with Crippen LogP contribution < -0.4 is 14.4 Å². The van der Waals surface area contributed by atoms with Crippen molar-refractivity contribution in [2.24, 2.45) is 0 Å². The highest BCUT2D eigenvalue weighted by Gasteiger charge is 2.18. The van der Waals surface area contributed by atoms with Gasteiger partial charge in [-0.2, -0.15) is 0 Å². The van der Waals surface area contributed by atoms with Crippen molar-refractivity contribution in [3.8, 4) is 11.5 Å². The molecule has 3 aromatic rings. The third kappa shape index (κ3) is 3.25. The number of para-hydroxylation sites is 1. The normalized spacial score (nSPS) is 12.5. The molecule has 0 atom stereocenters. The molecule has 1 aliphatic heterocycles. The van der Waals surface area contributed by atoms with Gasteiger partial charge in [-0.15, -0.1) is 11.3 Å². The van der Waals surface area contributed by atoms with Crippen molar-refractivity contribution in [2.75, 3.05) is 11.7 Å². The van der Waals surface area contributed by atoms with Crippen molar-refractivity contribution in [3.05, 3.63) is 71.7 Å². The van der Waals surface area contributed by atoms with Crippen molar-refractivity contribution in [3.63, 3.8) is 0 Å². The fourth-order valence-electron chi connectivity index (χ4n) is 2.49. The highest BCUT2D eigenvalue weighted by molar-refractivity contribution is 7.13. The summed E-state index contributed by atoms with van der Waals surface area (Å²) >= 11 is 1.42. The molecule has 5 nitrogen and oxygen atoms in total. The molecule has 2 aromatic carbocycles. The molecular weight excluding hydrogens is 336 g/mol. The molecular formula is C19H14N2O3S. The maximum absolute atomic E-state index is 12.8. The Morgan fingerprint density at radius 2 is 1.96 bits per heavy atom. The number of amides is 1. The number of anilines is 2. The van der Waals surface area contributed by atoms with Gasteiger partial charge >= 0.3 is 0 Å². The Hall–Kier alpha value is -3.12. The first kappa shape index (κ1) is 15.4. The molecule has 6 heteroatoms. The topological polar surface area (TPSA) is 51.7 Å². The first-order valence-corrected chi connectivity index (χ1v) is 8.55. The Balaban J connectivity index is 1.61. The Bertz CT molecular complexity index is 908. The van der Waals surface area contributed by atoms with Gasteiger partial charge in [-0.3, -0.25) is 9.69 Å². The van der Waals surface area contributed by atoms with Crippen molar-refractivity contribution < 1.29 is 14.3 Å². The molecule has 2 heterocycles. The maximum atomic E-state index is 12.8. The monoisotopic (exact) mass is 350 g/mol. The quantitative estimate of drug-likeness (QED) is 0.660. The number of carbonyl (C=O) groups excluding carboxylic acids is 1. The summed E-state index contributed by atoms with van der Waals surface area (Å²) in [5, 5.41) is 2.48. The average molecular weight is 350 g/mol. The minimum Gasteiger partial charge on any atom is -0.454 e. The number of rotatable bonds is 4. The molecule has 1 aromatic heterocycles. The van der Waals surface area contributed by atoms with Gasteiger partial charge in [-0.05, 0) is 35.9 Å². The average Bonchev–Trinajstić information content (AvgIpc) is 3.32. The minimum atomic E-state index is -0.168. The van der Waals surface area contributed by atoms with Crippen LogP contribution >= 0.6 is 11.3 Å². The molecule has 1 amide bonds. The van der Waals surface area contributed by atoms with Crippen LogP contribution in [0.1, 0.15) is 5.56 Å². The van der Waals surface area contributed by atoms with E-state index >= 15 is 0 Å². The molecule has 0 saturated carbocycles. The fraction of sp³-hybridized carbons (Fsp3) is 0.0526. The first-order chi connectivity index (χ1) is 12.3. The Kier molecular flexibility index (Phi) is 4.18. The van der Waals surface area contributed by atoms with Gasteiger partial charge in [0.15, 0.2) is 16.6 Å². The number of ether oxygens (including phenoxy) is 2. The molecule has 25 heavy (non-hydrogen) atoms. The molecule has 0 N–H and O–H groups in total. The zero-order valence-electron chi connectivity index (χ0n) is 13.2. The number of carbonyl (C=O) groups is 1. The molecule has 0 radical (unpaired) electrons. The van der Waals surface area contributed by atoms with Crippen molar-refractivity contribution >= 4 is 34.1 Å². The molecule has 1 aliphatic rings. The van der Waals surface area contributed by atoms with E-state index in [2.05, 4.69) is 4.98 Å². The number of fused-ring (bicyclic) bond motifs is 1. The van der Waals surface area contributed by atoms with E-state index in [1.54, 1.807) is 17.2 Å². The van der Waals surface area contributed by atoms with Gasteiger partial charge in [0.25, 0.3) is 5.91 Å². The number of hydrogen-bond donors (Lipinski definition) is 0. The van der Waals surface area contributed by atoms with Crippen LogP contribution in [0.2, 0.25) is 0 Å². The summed E-state index contributed by atoms with van der Waals surface area (Å²) in [7, 11) is 0. The maximum Gasteiger partial charge on any atom is 0.257 e. The highest BCUT2D eigenvalue weighted by atomic mass is 32.1. The van der Waals surface area contributed by atoms with Gasteiger partial charge in [0, 0.05) is 17.7 Å². The van der Waals surface area contributed by atoms with Crippen LogP contribution in [-0.2, 0) is 4.79 Å². The molecule has 124 valence electrons. The van der Waals surface area contributed by atoms with Gasteiger partial charge in [0.2, 0.25) is 6.79 Å². The lowest BCUT2D eigenvalue weighted by atomic mass is 10.2. The van der Waals surface area contributed by atoms with Crippen LogP contribution in [0.25, 0.3) is 6.08 Å². The Morgan fingerprint density at radius 1 is 1.12 bits per heavy atom. The van der Waals surface area contributed by atoms with E-state index in [9.17, 15) is 4.79 Å². The Morgan fingerprint density at radius 3 is 2.76 bits per heavy atom. The molecule has 0 spiro atoms. The summed E-state index contributed by atoms with van der Waals surface area (Å²) in [6.07, 6.45) is 4.98. The van der Waals surface area contributed by atoms with Gasteiger partial charge in [0.1, 0.15) is 0 Å². The third-order valence-corrected chi connectivity index (χ3v) is 4.42. The lowest BCUT2D eigenvalue weighted by molar-refractivity contribution is -0.113. The van der Waals surface area contributed by atoms with Gasteiger partial charge in [0.05, 0.1) is 5.69 Å². The molecule has 4 rings (SSSR count). The largest absolute Gasteiger partial charge is 0.454 e. The van der Waals surface area contributed by atoms with Crippen molar-refractivity contribution in [1.82, 2.24) is 4.98 Å². The predicted molar refractivity (Wildman–Crippen MR) is 97.3 cm³/mol. The summed E-state index contributed by atoms with van der Waals surface area (Å²) in [6, 6.07) is 15.0. The van der Waals surface area contributed by atoms with E-state index in [-0.39, 0.29) is 12.7 Å². The van der Waals surface area contributed by atoms with E-state index in [0.717, 1.165) is 17.0 Å². The summed E-state index contributed by atoms with van der Waals surface area (Å²) in [5.74, 6) is 1.24. The SMILES string of the molecule is O=C(/C=C/c1ccc2c(c1)OCO2)N(c1ccccc1)c1nccs1. The zero-order valence-corrected chi connectivity index (χ0v) is 14.0. The second kappa shape index (κ2) is 6.78. The molecule has 0 saturated heterocycles. The van der Waals surface area contributed by atoms with Crippen molar-refractivity contribution in [2.45, 2.75) is 0 Å². The second-order valence-corrected chi connectivity index (χ2v) is 6.14. The summed E-state index contributed by atoms with van der Waals surface area (Å²) in [4.78, 5) is 18.7. The van der Waals surface area contributed by atoms with E-state index in [0.29, 0.717) is 10.9 Å². The van der Waals surface area contributed by atoms with Crippen LogP contribution in [0, 0.1) is 0 Å².